The second-order valence-electron chi connectivity index (χ2n) is 4.81. The van der Waals surface area contributed by atoms with Crippen LogP contribution < -0.4 is 10.6 Å². The van der Waals surface area contributed by atoms with Crippen molar-refractivity contribution in [2.24, 2.45) is 5.73 Å². The summed E-state index contributed by atoms with van der Waals surface area (Å²) in [5.41, 5.74) is 6.98. The van der Waals surface area contributed by atoms with Gasteiger partial charge in [0, 0.05) is 24.5 Å². The second kappa shape index (κ2) is 6.33. The second-order valence-corrected chi connectivity index (χ2v) is 5.82. The highest BCUT2D eigenvalue weighted by Crippen LogP contribution is 2.28. The predicted octanol–water partition coefficient (Wildman–Crippen LogP) is 1.86. The zero-order valence-electron chi connectivity index (χ0n) is 11.5. The van der Waals surface area contributed by atoms with Crippen LogP contribution in [-0.2, 0) is 0 Å². The summed E-state index contributed by atoms with van der Waals surface area (Å²) in [6, 6.07) is 0.0800. The summed E-state index contributed by atoms with van der Waals surface area (Å²) >= 11 is 1.71. The summed E-state index contributed by atoms with van der Waals surface area (Å²) in [5, 5.41) is 1.08. The molecule has 98 valence electrons. The van der Waals surface area contributed by atoms with Gasteiger partial charge in [0.1, 0.15) is 0 Å². The lowest BCUT2D eigenvalue weighted by Crippen LogP contribution is -2.23. The maximum Gasteiger partial charge on any atom is 0.185 e. The van der Waals surface area contributed by atoms with E-state index in [4.69, 9.17) is 5.73 Å². The first-order chi connectivity index (χ1) is 7.91. The summed E-state index contributed by atoms with van der Waals surface area (Å²) in [6.45, 7) is 6.18. The Hall–Kier alpha value is -0.650. The first-order valence-electron chi connectivity index (χ1n) is 6.00. The third-order valence-corrected chi connectivity index (χ3v) is 4.13. The fourth-order valence-electron chi connectivity index (χ4n) is 1.70. The number of nitrogens with zero attached hydrogens (tertiary/aromatic N) is 3. The van der Waals surface area contributed by atoms with E-state index in [1.54, 1.807) is 11.3 Å². The Bertz CT molecular complexity index is 346. The number of aromatic nitrogens is 1. The van der Waals surface area contributed by atoms with E-state index in [2.05, 4.69) is 35.9 Å². The standard InChI is InChI=1S/C12H24N4S/c1-9(13)11-10(2)14-12(17-11)16(5)8-6-7-15(3)4/h9H,6-8,13H2,1-5H3. The fraction of sp³-hybridized carbons (Fsp3) is 0.750. The van der Waals surface area contributed by atoms with Gasteiger partial charge in [-0.25, -0.2) is 4.98 Å². The molecule has 0 aliphatic carbocycles. The van der Waals surface area contributed by atoms with Gasteiger partial charge < -0.3 is 15.5 Å². The van der Waals surface area contributed by atoms with Gasteiger partial charge in [-0.3, -0.25) is 0 Å². The van der Waals surface area contributed by atoms with E-state index in [9.17, 15) is 0 Å². The summed E-state index contributed by atoms with van der Waals surface area (Å²) in [4.78, 5) is 10.2. The van der Waals surface area contributed by atoms with E-state index in [0.29, 0.717) is 0 Å². The molecule has 1 aromatic rings. The molecule has 17 heavy (non-hydrogen) atoms. The van der Waals surface area contributed by atoms with Crippen molar-refractivity contribution in [3.8, 4) is 0 Å². The number of hydrogen-bond donors (Lipinski definition) is 1. The molecule has 1 atom stereocenters. The van der Waals surface area contributed by atoms with E-state index in [1.165, 1.54) is 4.88 Å². The maximum atomic E-state index is 5.91. The van der Waals surface area contributed by atoms with Gasteiger partial charge in [0.25, 0.3) is 0 Å². The van der Waals surface area contributed by atoms with Crippen LogP contribution in [0.3, 0.4) is 0 Å². The van der Waals surface area contributed by atoms with Gasteiger partial charge >= 0.3 is 0 Å². The zero-order chi connectivity index (χ0) is 13.0. The summed E-state index contributed by atoms with van der Waals surface area (Å²) < 4.78 is 0. The monoisotopic (exact) mass is 256 g/mol. The average Bonchev–Trinajstić information content (AvgIpc) is 2.59. The van der Waals surface area contributed by atoms with E-state index in [-0.39, 0.29) is 6.04 Å². The molecule has 0 fully saturated rings. The lowest BCUT2D eigenvalue weighted by atomic mass is 10.2. The van der Waals surface area contributed by atoms with Gasteiger partial charge in [-0.1, -0.05) is 0 Å². The molecule has 0 saturated heterocycles. The number of nitrogens with two attached hydrogens (primary N) is 1. The minimum Gasteiger partial charge on any atom is -0.351 e. The van der Waals surface area contributed by atoms with Crippen molar-refractivity contribution in [3.63, 3.8) is 0 Å². The van der Waals surface area contributed by atoms with Crippen LogP contribution in [0.25, 0.3) is 0 Å². The van der Waals surface area contributed by atoms with Gasteiger partial charge in [-0.2, -0.15) is 0 Å². The zero-order valence-corrected chi connectivity index (χ0v) is 12.3. The Morgan fingerprint density at radius 3 is 2.41 bits per heavy atom. The molecule has 0 amide bonds. The number of anilines is 1. The van der Waals surface area contributed by atoms with Crippen LogP contribution in [0, 0.1) is 6.92 Å². The van der Waals surface area contributed by atoms with Gasteiger partial charge in [0.2, 0.25) is 0 Å². The minimum absolute atomic E-state index is 0.0800. The van der Waals surface area contributed by atoms with Gasteiger partial charge in [-0.05, 0) is 40.9 Å². The van der Waals surface area contributed by atoms with Crippen molar-refractivity contribution in [2.45, 2.75) is 26.3 Å². The molecule has 2 N–H and O–H groups in total. The van der Waals surface area contributed by atoms with Crippen molar-refractivity contribution in [2.75, 3.05) is 39.1 Å². The maximum absolute atomic E-state index is 5.91. The molecule has 0 aromatic carbocycles. The topological polar surface area (TPSA) is 45.4 Å². The Morgan fingerprint density at radius 1 is 1.29 bits per heavy atom. The van der Waals surface area contributed by atoms with Gasteiger partial charge in [-0.15, -0.1) is 11.3 Å². The van der Waals surface area contributed by atoms with E-state index >= 15 is 0 Å². The lowest BCUT2D eigenvalue weighted by molar-refractivity contribution is 0.401. The molecular formula is C12H24N4S. The van der Waals surface area contributed by atoms with Crippen LogP contribution in [0.4, 0.5) is 5.13 Å². The first-order valence-corrected chi connectivity index (χ1v) is 6.82. The quantitative estimate of drug-likeness (QED) is 0.844. The molecule has 5 heteroatoms. The van der Waals surface area contributed by atoms with Crippen molar-refractivity contribution in [1.29, 1.82) is 0 Å². The highest BCUT2D eigenvalue weighted by molar-refractivity contribution is 7.15. The molecule has 1 unspecified atom stereocenters. The van der Waals surface area contributed by atoms with Crippen molar-refractivity contribution < 1.29 is 0 Å². The summed E-state index contributed by atoms with van der Waals surface area (Å²) in [7, 11) is 6.29. The Labute approximate surface area is 108 Å². The lowest BCUT2D eigenvalue weighted by Gasteiger charge is -2.17. The molecule has 0 bridgehead atoms. The first kappa shape index (κ1) is 14.4. The molecule has 4 nitrogen and oxygen atoms in total. The summed E-state index contributed by atoms with van der Waals surface area (Å²) in [6.07, 6.45) is 1.15. The van der Waals surface area contributed by atoms with Gasteiger partial charge in [0.15, 0.2) is 5.13 Å². The minimum atomic E-state index is 0.0800. The number of aryl methyl sites for hydroxylation is 1. The van der Waals surface area contributed by atoms with Gasteiger partial charge in [0.05, 0.1) is 5.69 Å². The largest absolute Gasteiger partial charge is 0.351 e. The molecule has 0 aliphatic heterocycles. The van der Waals surface area contributed by atoms with Crippen LogP contribution >= 0.6 is 11.3 Å². The number of hydrogen-bond acceptors (Lipinski definition) is 5. The third kappa shape index (κ3) is 4.26. The molecular weight excluding hydrogens is 232 g/mol. The SMILES string of the molecule is Cc1nc(N(C)CCCN(C)C)sc1C(C)N. The molecule has 0 spiro atoms. The molecule has 0 radical (unpaired) electrons. The Morgan fingerprint density at radius 2 is 1.94 bits per heavy atom. The predicted molar refractivity (Wildman–Crippen MR) is 75.9 cm³/mol. The molecule has 0 saturated carbocycles. The smallest absolute Gasteiger partial charge is 0.185 e. The van der Waals surface area contributed by atoms with Crippen LogP contribution in [0.15, 0.2) is 0 Å². The Kier molecular flexibility index (Phi) is 5.36. The van der Waals surface area contributed by atoms with Crippen LogP contribution in [0.1, 0.15) is 30.0 Å². The highest BCUT2D eigenvalue weighted by Gasteiger charge is 2.13. The molecule has 0 aliphatic rings. The van der Waals surface area contributed by atoms with Crippen molar-refractivity contribution >= 4 is 16.5 Å². The molecule has 1 rings (SSSR count). The van der Waals surface area contributed by atoms with Crippen molar-refractivity contribution in [1.82, 2.24) is 9.88 Å². The Balaban J connectivity index is 2.57. The highest BCUT2D eigenvalue weighted by atomic mass is 32.1. The average molecular weight is 256 g/mol. The van der Waals surface area contributed by atoms with E-state index in [1.807, 2.05) is 13.8 Å². The molecule has 1 heterocycles. The number of rotatable bonds is 6. The third-order valence-electron chi connectivity index (χ3n) is 2.66. The number of thiazole rings is 1. The fourth-order valence-corrected chi connectivity index (χ4v) is 2.70. The van der Waals surface area contributed by atoms with E-state index < -0.39 is 0 Å². The van der Waals surface area contributed by atoms with E-state index in [0.717, 1.165) is 30.3 Å². The van der Waals surface area contributed by atoms with Crippen LogP contribution in [0.5, 0.6) is 0 Å². The normalized spacial score (nSPS) is 13.1. The van der Waals surface area contributed by atoms with Crippen LogP contribution in [-0.4, -0.2) is 44.1 Å². The van der Waals surface area contributed by atoms with Crippen LogP contribution in [0.2, 0.25) is 0 Å². The van der Waals surface area contributed by atoms with Crippen molar-refractivity contribution in [3.05, 3.63) is 10.6 Å². The summed E-state index contributed by atoms with van der Waals surface area (Å²) in [5.74, 6) is 0. The molecule has 1 aromatic heterocycles.